The standard InChI is InChI=1S/C17H17ClN2O3/c1-11(12-2-6-14(18)7-3-12)20-16(21)10-23-15-8-4-13(5-9-15)17(19)22/h2-9,11H,10H2,1H3,(H2,19,22)(H,20,21). The van der Waals surface area contributed by atoms with Crippen LogP contribution in [-0.4, -0.2) is 18.4 Å². The quantitative estimate of drug-likeness (QED) is 0.853. The van der Waals surface area contributed by atoms with E-state index in [9.17, 15) is 9.59 Å². The third kappa shape index (κ3) is 5.00. The molecule has 0 bridgehead atoms. The lowest BCUT2D eigenvalue weighted by Gasteiger charge is -2.15. The van der Waals surface area contributed by atoms with Crippen LogP contribution in [0.5, 0.6) is 5.75 Å². The number of primary amides is 1. The van der Waals surface area contributed by atoms with E-state index in [0.29, 0.717) is 16.3 Å². The summed E-state index contributed by atoms with van der Waals surface area (Å²) in [5.41, 5.74) is 6.49. The summed E-state index contributed by atoms with van der Waals surface area (Å²) in [5, 5.41) is 3.48. The Hall–Kier alpha value is -2.53. The largest absolute Gasteiger partial charge is 0.484 e. The molecule has 0 fully saturated rings. The summed E-state index contributed by atoms with van der Waals surface area (Å²) < 4.78 is 5.37. The van der Waals surface area contributed by atoms with Gasteiger partial charge in [0.15, 0.2) is 6.61 Å². The maximum Gasteiger partial charge on any atom is 0.258 e. The summed E-state index contributed by atoms with van der Waals surface area (Å²) in [6, 6.07) is 13.4. The van der Waals surface area contributed by atoms with Gasteiger partial charge in [0.2, 0.25) is 5.91 Å². The summed E-state index contributed by atoms with van der Waals surface area (Å²) in [6.45, 7) is 1.76. The van der Waals surface area contributed by atoms with Gasteiger partial charge in [0.1, 0.15) is 5.75 Å². The molecule has 6 heteroatoms. The number of nitrogens with one attached hydrogen (secondary N) is 1. The number of carbonyl (C=O) groups excluding carboxylic acids is 2. The van der Waals surface area contributed by atoms with Crippen LogP contribution in [0, 0.1) is 0 Å². The Morgan fingerprint density at radius 3 is 2.30 bits per heavy atom. The molecule has 0 aliphatic rings. The van der Waals surface area contributed by atoms with Crippen molar-refractivity contribution < 1.29 is 14.3 Å². The van der Waals surface area contributed by atoms with Crippen molar-refractivity contribution in [1.82, 2.24) is 5.32 Å². The average Bonchev–Trinajstić information content (AvgIpc) is 2.54. The molecule has 2 rings (SSSR count). The van der Waals surface area contributed by atoms with Gasteiger partial charge in [0.25, 0.3) is 5.91 Å². The van der Waals surface area contributed by atoms with Gasteiger partial charge in [-0.1, -0.05) is 23.7 Å². The topological polar surface area (TPSA) is 81.4 Å². The summed E-state index contributed by atoms with van der Waals surface area (Å²) in [4.78, 5) is 22.9. The molecular formula is C17H17ClN2O3. The lowest BCUT2D eigenvalue weighted by molar-refractivity contribution is -0.123. The minimum absolute atomic E-state index is 0.117. The van der Waals surface area contributed by atoms with E-state index in [1.807, 2.05) is 19.1 Å². The zero-order valence-corrected chi connectivity index (χ0v) is 13.3. The van der Waals surface area contributed by atoms with Gasteiger partial charge in [0.05, 0.1) is 6.04 Å². The van der Waals surface area contributed by atoms with Crippen molar-refractivity contribution in [1.29, 1.82) is 0 Å². The van der Waals surface area contributed by atoms with E-state index in [0.717, 1.165) is 5.56 Å². The molecule has 1 atom stereocenters. The highest BCUT2D eigenvalue weighted by Crippen LogP contribution is 2.16. The van der Waals surface area contributed by atoms with Gasteiger partial charge >= 0.3 is 0 Å². The SMILES string of the molecule is CC(NC(=O)COc1ccc(C(N)=O)cc1)c1ccc(Cl)cc1. The van der Waals surface area contributed by atoms with Crippen LogP contribution in [0.2, 0.25) is 5.02 Å². The number of rotatable bonds is 6. The second-order valence-corrected chi connectivity index (χ2v) is 5.45. The molecule has 0 aliphatic carbocycles. The summed E-state index contributed by atoms with van der Waals surface area (Å²) in [7, 11) is 0. The van der Waals surface area contributed by atoms with Gasteiger partial charge in [-0.25, -0.2) is 0 Å². The summed E-state index contributed by atoms with van der Waals surface area (Å²) in [5.74, 6) is -0.262. The third-order valence-electron chi connectivity index (χ3n) is 3.26. The van der Waals surface area contributed by atoms with Crippen molar-refractivity contribution >= 4 is 23.4 Å². The molecule has 0 saturated carbocycles. The van der Waals surface area contributed by atoms with Crippen LogP contribution < -0.4 is 15.8 Å². The Labute approximate surface area is 139 Å². The highest BCUT2D eigenvalue weighted by molar-refractivity contribution is 6.30. The first kappa shape index (κ1) is 16.8. The van der Waals surface area contributed by atoms with Gasteiger partial charge < -0.3 is 15.8 Å². The van der Waals surface area contributed by atoms with Crippen molar-refractivity contribution in [3.05, 3.63) is 64.7 Å². The van der Waals surface area contributed by atoms with Crippen LogP contribution in [0.4, 0.5) is 0 Å². The van der Waals surface area contributed by atoms with Gasteiger partial charge in [0, 0.05) is 10.6 Å². The first-order valence-electron chi connectivity index (χ1n) is 7.03. The fourth-order valence-corrected chi connectivity index (χ4v) is 2.11. The predicted molar refractivity (Wildman–Crippen MR) is 88.5 cm³/mol. The highest BCUT2D eigenvalue weighted by Gasteiger charge is 2.10. The maximum atomic E-state index is 11.9. The first-order chi connectivity index (χ1) is 11.0. The van der Waals surface area contributed by atoms with E-state index < -0.39 is 5.91 Å². The lowest BCUT2D eigenvalue weighted by Crippen LogP contribution is -2.31. The fourth-order valence-electron chi connectivity index (χ4n) is 1.98. The summed E-state index contributed by atoms with van der Waals surface area (Å²) in [6.07, 6.45) is 0. The second-order valence-electron chi connectivity index (χ2n) is 5.02. The maximum absolute atomic E-state index is 11.9. The van der Waals surface area contributed by atoms with Gasteiger partial charge in [-0.05, 0) is 48.9 Å². The van der Waals surface area contributed by atoms with Crippen molar-refractivity contribution in [3.8, 4) is 5.75 Å². The van der Waals surface area contributed by atoms with Crippen molar-refractivity contribution in [3.63, 3.8) is 0 Å². The molecular weight excluding hydrogens is 316 g/mol. The minimum Gasteiger partial charge on any atom is -0.484 e. The lowest BCUT2D eigenvalue weighted by atomic mass is 10.1. The third-order valence-corrected chi connectivity index (χ3v) is 3.51. The van der Waals surface area contributed by atoms with Crippen LogP contribution >= 0.6 is 11.6 Å². The van der Waals surface area contributed by atoms with Crippen LogP contribution in [0.1, 0.15) is 28.9 Å². The van der Waals surface area contributed by atoms with Crippen molar-refractivity contribution in [2.75, 3.05) is 6.61 Å². The molecule has 120 valence electrons. The summed E-state index contributed by atoms with van der Waals surface area (Å²) >= 11 is 5.83. The number of hydrogen-bond donors (Lipinski definition) is 2. The van der Waals surface area contributed by atoms with E-state index >= 15 is 0 Å². The molecule has 2 aromatic carbocycles. The molecule has 0 radical (unpaired) electrons. The van der Waals surface area contributed by atoms with E-state index in [2.05, 4.69) is 5.32 Å². The fraction of sp³-hybridized carbons (Fsp3) is 0.176. The second kappa shape index (κ2) is 7.65. The van der Waals surface area contributed by atoms with Gasteiger partial charge in [-0.2, -0.15) is 0 Å². The molecule has 2 amide bonds. The van der Waals surface area contributed by atoms with Crippen LogP contribution in [0.25, 0.3) is 0 Å². The number of carbonyl (C=O) groups is 2. The first-order valence-corrected chi connectivity index (χ1v) is 7.41. The smallest absolute Gasteiger partial charge is 0.258 e. The highest BCUT2D eigenvalue weighted by atomic mass is 35.5. The van der Waals surface area contributed by atoms with E-state index in [1.54, 1.807) is 36.4 Å². The Balaban J connectivity index is 1.84. The number of hydrogen-bond acceptors (Lipinski definition) is 3. The Bertz CT molecular complexity index is 684. The normalized spacial score (nSPS) is 11.6. The minimum atomic E-state index is -0.508. The molecule has 2 aromatic rings. The zero-order valence-electron chi connectivity index (χ0n) is 12.6. The number of benzene rings is 2. The molecule has 0 spiro atoms. The molecule has 0 saturated heterocycles. The number of ether oxygens (including phenoxy) is 1. The molecule has 0 aromatic heterocycles. The molecule has 3 N–H and O–H groups in total. The Kier molecular flexibility index (Phi) is 5.60. The Morgan fingerprint density at radius 1 is 1.13 bits per heavy atom. The van der Waals surface area contributed by atoms with Crippen molar-refractivity contribution in [2.24, 2.45) is 5.73 Å². The number of halogens is 1. The van der Waals surface area contributed by atoms with E-state index in [1.165, 1.54) is 0 Å². The number of amides is 2. The van der Waals surface area contributed by atoms with Gasteiger partial charge in [-0.15, -0.1) is 0 Å². The predicted octanol–water partition coefficient (Wildman–Crippen LogP) is 2.70. The van der Waals surface area contributed by atoms with Crippen LogP contribution in [0.15, 0.2) is 48.5 Å². The molecule has 5 nitrogen and oxygen atoms in total. The zero-order chi connectivity index (χ0) is 16.8. The molecule has 0 heterocycles. The monoisotopic (exact) mass is 332 g/mol. The van der Waals surface area contributed by atoms with Gasteiger partial charge in [-0.3, -0.25) is 9.59 Å². The average molecular weight is 333 g/mol. The Morgan fingerprint density at radius 2 is 1.74 bits per heavy atom. The van der Waals surface area contributed by atoms with E-state index in [-0.39, 0.29) is 18.6 Å². The van der Waals surface area contributed by atoms with Crippen LogP contribution in [0.3, 0.4) is 0 Å². The number of nitrogens with two attached hydrogens (primary N) is 1. The van der Waals surface area contributed by atoms with E-state index in [4.69, 9.17) is 22.1 Å². The van der Waals surface area contributed by atoms with Crippen LogP contribution in [-0.2, 0) is 4.79 Å². The molecule has 23 heavy (non-hydrogen) atoms. The molecule has 1 unspecified atom stereocenters. The molecule has 0 aliphatic heterocycles. The van der Waals surface area contributed by atoms with Crippen molar-refractivity contribution in [2.45, 2.75) is 13.0 Å².